The first-order chi connectivity index (χ1) is 10.9. The summed E-state index contributed by atoms with van der Waals surface area (Å²) in [6, 6.07) is 8.20. The van der Waals surface area contributed by atoms with Gasteiger partial charge in [-0.1, -0.05) is 29.4 Å². The van der Waals surface area contributed by atoms with Crippen LogP contribution in [0, 0.1) is 0 Å². The monoisotopic (exact) mass is 316 g/mol. The Morgan fingerprint density at radius 2 is 2.04 bits per heavy atom. The molecule has 0 amide bonds. The number of aliphatic hydroxyl groups is 1. The van der Waals surface area contributed by atoms with Gasteiger partial charge in [0, 0.05) is 25.1 Å². The van der Waals surface area contributed by atoms with Gasteiger partial charge in [0.1, 0.15) is 5.54 Å². The lowest BCUT2D eigenvalue weighted by Gasteiger charge is -2.27. The van der Waals surface area contributed by atoms with Gasteiger partial charge in [0.25, 0.3) is 0 Å². The fourth-order valence-corrected chi connectivity index (χ4v) is 3.13. The van der Waals surface area contributed by atoms with Crippen molar-refractivity contribution in [3.05, 3.63) is 35.7 Å². The Kier molecular flexibility index (Phi) is 4.23. The molecule has 0 aliphatic carbocycles. The van der Waals surface area contributed by atoms with Crippen LogP contribution < -0.4 is 0 Å². The number of aromatic nitrogens is 2. The lowest BCUT2D eigenvalue weighted by molar-refractivity contribution is 0.143. The second-order valence-electron chi connectivity index (χ2n) is 6.87. The predicted molar refractivity (Wildman–Crippen MR) is 87.7 cm³/mol. The Morgan fingerprint density at radius 3 is 2.61 bits per heavy atom. The SMILES string of the molecule is CN(C)Cc1ccc(-c2noc(C3(C)CC(O)CN3C)n2)cc1. The van der Waals surface area contributed by atoms with Crippen molar-refractivity contribution in [2.75, 3.05) is 27.7 Å². The predicted octanol–water partition coefficient (Wildman–Crippen LogP) is 1.71. The molecular formula is C17H24N4O2. The van der Waals surface area contributed by atoms with Crippen LogP contribution in [0.1, 0.15) is 24.8 Å². The molecule has 0 saturated carbocycles. The average molecular weight is 316 g/mol. The number of aliphatic hydroxyl groups excluding tert-OH is 1. The van der Waals surface area contributed by atoms with Crippen molar-refractivity contribution in [1.82, 2.24) is 19.9 Å². The normalized spacial score (nSPS) is 25.4. The molecule has 6 nitrogen and oxygen atoms in total. The van der Waals surface area contributed by atoms with E-state index in [1.54, 1.807) is 0 Å². The number of hydrogen-bond acceptors (Lipinski definition) is 6. The molecule has 1 aromatic heterocycles. The Hall–Kier alpha value is -1.76. The fourth-order valence-electron chi connectivity index (χ4n) is 3.13. The third kappa shape index (κ3) is 3.15. The largest absolute Gasteiger partial charge is 0.392 e. The molecule has 124 valence electrons. The molecule has 1 N–H and O–H groups in total. The van der Waals surface area contributed by atoms with Crippen molar-refractivity contribution in [2.45, 2.75) is 31.5 Å². The Morgan fingerprint density at radius 1 is 1.35 bits per heavy atom. The van der Waals surface area contributed by atoms with Gasteiger partial charge in [-0.15, -0.1) is 0 Å². The molecule has 23 heavy (non-hydrogen) atoms. The van der Waals surface area contributed by atoms with E-state index >= 15 is 0 Å². The second kappa shape index (κ2) is 6.03. The minimum Gasteiger partial charge on any atom is -0.392 e. The van der Waals surface area contributed by atoms with Crippen LogP contribution in [0.3, 0.4) is 0 Å². The van der Waals surface area contributed by atoms with E-state index in [1.165, 1.54) is 5.56 Å². The van der Waals surface area contributed by atoms with Crippen molar-refractivity contribution in [3.8, 4) is 11.4 Å². The lowest BCUT2D eigenvalue weighted by atomic mass is 9.98. The minimum absolute atomic E-state index is 0.356. The summed E-state index contributed by atoms with van der Waals surface area (Å²) >= 11 is 0. The summed E-state index contributed by atoms with van der Waals surface area (Å²) in [6.45, 7) is 3.55. The van der Waals surface area contributed by atoms with Gasteiger partial charge in [0.2, 0.25) is 11.7 Å². The molecule has 0 spiro atoms. The lowest BCUT2D eigenvalue weighted by Crippen LogP contribution is -2.35. The number of likely N-dealkylation sites (N-methyl/N-ethyl adjacent to an activating group) is 1. The van der Waals surface area contributed by atoms with E-state index in [-0.39, 0.29) is 6.10 Å². The maximum absolute atomic E-state index is 9.89. The summed E-state index contributed by atoms with van der Waals surface area (Å²) in [7, 11) is 6.06. The summed E-state index contributed by atoms with van der Waals surface area (Å²) in [4.78, 5) is 8.76. The minimum atomic E-state index is -0.407. The van der Waals surface area contributed by atoms with Crippen LogP contribution in [0.5, 0.6) is 0 Å². The van der Waals surface area contributed by atoms with E-state index in [9.17, 15) is 5.11 Å². The molecule has 2 unspecified atom stereocenters. The van der Waals surface area contributed by atoms with E-state index in [0.29, 0.717) is 24.7 Å². The highest BCUT2D eigenvalue weighted by Gasteiger charge is 2.44. The number of likely N-dealkylation sites (tertiary alicyclic amines) is 1. The van der Waals surface area contributed by atoms with E-state index in [2.05, 4.69) is 32.1 Å². The summed E-state index contributed by atoms with van der Waals surface area (Å²) < 4.78 is 5.50. The van der Waals surface area contributed by atoms with Gasteiger partial charge in [-0.3, -0.25) is 4.90 Å². The van der Waals surface area contributed by atoms with Crippen molar-refractivity contribution >= 4 is 0 Å². The molecule has 6 heteroatoms. The van der Waals surface area contributed by atoms with E-state index < -0.39 is 5.54 Å². The molecule has 2 atom stereocenters. The molecule has 1 aliphatic rings. The first-order valence-corrected chi connectivity index (χ1v) is 7.86. The number of rotatable bonds is 4. The summed E-state index contributed by atoms with van der Waals surface area (Å²) in [6.07, 6.45) is 0.248. The van der Waals surface area contributed by atoms with Gasteiger partial charge >= 0.3 is 0 Å². The van der Waals surface area contributed by atoms with Gasteiger partial charge < -0.3 is 14.5 Å². The highest BCUT2D eigenvalue weighted by Crippen LogP contribution is 2.37. The van der Waals surface area contributed by atoms with Crippen LogP contribution in [-0.2, 0) is 12.1 Å². The maximum atomic E-state index is 9.89. The van der Waals surface area contributed by atoms with Crippen molar-refractivity contribution in [3.63, 3.8) is 0 Å². The third-order valence-corrected chi connectivity index (χ3v) is 4.56. The second-order valence-corrected chi connectivity index (χ2v) is 6.87. The average Bonchev–Trinajstić information content (AvgIpc) is 3.06. The standard InChI is InChI=1S/C17H24N4O2/c1-17(9-14(22)11-21(17)4)16-18-15(19-23-16)13-7-5-12(6-8-13)10-20(2)3/h5-8,14,22H,9-11H2,1-4H3. The van der Waals surface area contributed by atoms with Crippen LogP contribution >= 0.6 is 0 Å². The molecular weight excluding hydrogens is 292 g/mol. The third-order valence-electron chi connectivity index (χ3n) is 4.56. The molecule has 2 heterocycles. The first kappa shape index (κ1) is 16.1. The number of benzene rings is 1. The maximum Gasteiger partial charge on any atom is 0.247 e. The first-order valence-electron chi connectivity index (χ1n) is 7.86. The molecule has 0 radical (unpaired) electrons. The Balaban J connectivity index is 1.82. The highest BCUT2D eigenvalue weighted by atomic mass is 16.5. The Bertz CT molecular complexity index is 667. The van der Waals surface area contributed by atoms with Gasteiger partial charge in [0.15, 0.2) is 0 Å². The summed E-state index contributed by atoms with van der Waals surface area (Å²) in [5.74, 6) is 1.15. The van der Waals surface area contributed by atoms with E-state index in [4.69, 9.17) is 4.52 Å². The van der Waals surface area contributed by atoms with Crippen molar-refractivity contribution in [2.24, 2.45) is 0 Å². The van der Waals surface area contributed by atoms with Gasteiger partial charge in [0.05, 0.1) is 6.10 Å². The smallest absolute Gasteiger partial charge is 0.247 e. The van der Waals surface area contributed by atoms with Crippen LogP contribution in [-0.4, -0.2) is 58.8 Å². The van der Waals surface area contributed by atoms with E-state index in [1.807, 2.05) is 40.2 Å². The van der Waals surface area contributed by atoms with Crippen LogP contribution in [0.15, 0.2) is 28.8 Å². The summed E-state index contributed by atoms with van der Waals surface area (Å²) in [5.41, 5.74) is 1.77. The molecule has 1 aliphatic heterocycles. The topological polar surface area (TPSA) is 65.6 Å². The zero-order valence-electron chi connectivity index (χ0n) is 14.2. The number of nitrogens with zero attached hydrogens (tertiary/aromatic N) is 4. The van der Waals surface area contributed by atoms with Crippen LogP contribution in [0.2, 0.25) is 0 Å². The van der Waals surface area contributed by atoms with Crippen molar-refractivity contribution < 1.29 is 9.63 Å². The number of β-amino-alcohol motifs (C(OH)–C–C–N with tert-alkyl or cyclic N) is 1. The quantitative estimate of drug-likeness (QED) is 0.926. The molecule has 1 saturated heterocycles. The Labute approximate surface area is 136 Å². The van der Waals surface area contributed by atoms with Crippen LogP contribution in [0.4, 0.5) is 0 Å². The molecule has 1 fully saturated rings. The van der Waals surface area contributed by atoms with Crippen molar-refractivity contribution in [1.29, 1.82) is 0 Å². The molecule has 1 aromatic carbocycles. The van der Waals surface area contributed by atoms with Gasteiger partial charge in [-0.2, -0.15) is 4.98 Å². The van der Waals surface area contributed by atoms with E-state index in [0.717, 1.165) is 12.1 Å². The molecule has 3 rings (SSSR count). The zero-order chi connectivity index (χ0) is 16.6. The van der Waals surface area contributed by atoms with Gasteiger partial charge in [-0.05, 0) is 33.6 Å². The zero-order valence-corrected chi connectivity index (χ0v) is 14.2. The number of hydrogen-bond donors (Lipinski definition) is 1. The van der Waals surface area contributed by atoms with Crippen LogP contribution in [0.25, 0.3) is 11.4 Å². The fraction of sp³-hybridized carbons (Fsp3) is 0.529. The highest BCUT2D eigenvalue weighted by molar-refractivity contribution is 5.54. The molecule has 2 aromatic rings. The summed E-state index contributed by atoms with van der Waals surface area (Å²) in [5, 5.41) is 14.0. The van der Waals surface area contributed by atoms with Gasteiger partial charge in [-0.25, -0.2) is 0 Å². The molecule has 0 bridgehead atoms.